The molecule has 0 unspecified atom stereocenters. The summed E-state index contributed by atoms with van der Waals surface area (Å²) >= 11 is 0. The number of ether oxygens (including phenoxy) is 3. The number of carboxylic acid groups (broad SMARTS) is 1. The fourth-order valence-electron chi connectivity index (χ4n) is 4.88. The van der Waals surface area contributed by atoms with Crippen LogP contribution in [0.25, 0.3) is 0 Å². The summed E-state index contributed by atoms with van der Waals surface area (Å²) in [5.41, 5.74) is 1.43. The number of halogens is 3. The van der Waals surface area contributed by atoms with Gasteiger partial charge < -0.3 is 40.6 Å². The van der Waals surface area contributed by atoms with E-state index in [1.165, 1.54) is 18.2 Å². The van der Waals surface area contributed by atoms with Crippen LogP contribution in [0.15, 0.2) is 72.8 Å². The molecule has 2 amide bonds. The quantitative estimate of drug-likeness (QED) is 0.162. The van der Waals surface area contributed by atoms with Crippen molar-refractivity contribution in [2.75, 3.05) is 37.0 Å². The first-order valence-electron chi connectivity index (χ1n) is 16.3. The lowest BCUT2D eigenvalue weighted by Gasteiger charge is -2.18. The average molecular weight is 724 g/mol. The van der Waals surface area contributed by atoms with Crippen molar-refractivity contribution in [1.82, 2.24) is 25.6 Å². The molecule has 0 saturated carbocycles. The summed E-state index contributed by atoms with van der Waals surface area (Å²) in [5.74, 6) is -2.16. The van der Waals surface area contributed by atoms with Crippen molar-refractivity contribution in [1.29, 1.82) is 0 Å². The summed E-state index contributed by atoms with van der Waals surface area (Å²) in [6, 6.07) is 17.7. The summed E-state index contributed by atoms with van der Waals surface area (Å²) in [4.78, 5) is 50.2. The molecule has 17 heteroatoms. The molecule has 5 N–H and O–H groups in total. The van der Waals surface area contributed by atoms with Crippen molar-refractivity contribution in [3.05, 3.63) is 89.5 Å². The molecule has 4 aromatic rings. The van der Waals surface area contributed by atoms with Gasteiger partial charge in [-0.1, -0.05) is 30.3 Å². The van der Waals surface area contributed by atoms with Crippen molar-refractivity contribution < 1.29 is 46.9 Å². The Labute approximate surface area is 296 Å². The number of anilines is 3. The maximum atomic E-state index is 13.4. The SMILES string of the molecule is O=C(NC[C@H](NC(=O)c1ccc2cc1OCCCCCCOc1ccc(cc1)CNc1nc(nc(OCC(F)(F)F)n1)N2)C(=O)O)c1ccccc1. The molecule has 2 aliphatic rings. The van der Waals surface area contributed by atoms with Gasteiger partial charge in [-0.25, -0.2) is 4.79 Å². The third-order valence-electron chi connectivity index (χ3n) is 7.51. The highest BCUT2D eigenvalue weighted by Gasteiger charge is 2.29. The van der Waals surface area contributed by atoms with E-state index < -0.39 is 49.2 Å². The van der Waals surface area contributed by atoms with Gasteiger partial charge in [-0.05, 0) is 67.6 Å². The van der Waals surface area contributed by atoms with Crippen LogP contribution in [-0.2, 0) is 11.3 Å². The van der Waals surface area contributed by atoms with Gasteiger partial charge in [0.05, 0.1) is 18.8 Å². The molecule has 6 bridgehead atoms. The van der Waals surface area contributed by atoms with Crippen LogP contribution >= 0.6 is 0 Å². The van der Waals surface area contributed by atoms with Gasteiger partial charge >= 0.3 is 18.2 Å². The molecular weight excluding hydrogens is 687 g/mol. The zero-order valence-corrected chi connectivity index (χ0v) is 27.7. The molecule has 3 aromatic carbocycles. The minimum atomic E-state index is -4.64. The van der Waals surface area contributed by atoms with Crippen LogP contribution in [0, 0.1) is 0 Å². The van der Waals surface area contributed by atoms with Crippen LogP contribution in [0.1, 0.15) is 52.0 Å². The molecule has 1 atom stereocenters. The summed E-state index contributed by atoms with van der Waals surface area (Å²) in [6.07, 6.45) is -1.57. The zero-order chi connectivity index (χ0) is 36.9. The highest BCUT2D eigenvalue weighted by molar-refractivity contribution is 6.00. The number of alkyl halides is 3. The van der Waals surface area contributed by atoms with Gasteiger partial charge in [-0.3, -0.25) is 9.59 Å². The predicted octanol–water partition coefficient (Wildman–Crippen LogP) is 5.11. The zero-order valence-electron chi connectivity index (χ0n) is 27.7. The lowest BCUT2D eigenvalue weighted by atomic mass is 10.1. The second kappa shape index (κ2) is 17.7. The molecule has 274 valence electrons. The Hall–Kier alpha value is -6.13. The molecule has 0 radical (unpaired) electrons. The lowest BCUT2D eigenvalue weighted by Crippen LogP contribution is -2.48. The fourth-order valence-corrected chi connectivity index (χ4v) is 4.88. The normalized spacial score (nSPS) is 14.1. The number of fused-ring (bicyclic) bond motifs is 10. The maximum Gasteiger partial charge on any atom is 0.422 e. The number of nitrogens with zero attached hydrogens (tertiary/aromatic N) is 3. The monoisotopic (exact) mass is 723 g/mol. The lowest BCUT2D eigenvalue weighted by molar-refractivity contribution is -0.154. The summed E-state index contributed by atoms with van der Waals surface area (Å²) in [6.45, 7) is -1.10. The van der Waals surface area contributed by atoms with Crippen molar-refractivity contribution >= 4 is 35.4 Å². The van der Waals surface area contributed by atoms with Gasteiger partial charge in [0.25, 0.3) is 11.8 Å². The van der Waals surface area contributed by atoms with E-state index in [1.54, 1.807) is 30.3 Å². The number of amides is 2. The molecule has 1 aromatic heterocycles. The number of hydrogen-bond acceptors (Lipinski definition) is 11. The average Bonchev–Trinajstić information content (AvgIpc) is 3.12. The van der Waals surface area contributed by atoms with Crippen molar-refractivity contribution in [3.8, 4) is 17.5 Å². The van der Waals surface area contributed by atoms with Gasteiger partial charge in [0, 0.05) is 30.4 Å². The van der Waals surface area contributed by atoms with Crippen LogP contribution in [0.5, 0.6) is 17.5 Å². The van der Waals surface area contributed by atoms with Gasteiger partial charge in [0.2, 0.25) is 11.9 Å². The van der Waals surface area contributed by atoms with E-state index in [0.717, 1.165) is 24.8 Å². The van der Waals surface area contributed by atoms with Gasteiger partial charge in [-0.15, -0.1) is 0 Å². The van der Waals surface area contributed by atoms with E-state index in [4.69, 9.17) is 14.2 Å². The number of carbonyl (C=O) groups is 3. The number of carboxylic acids is 1. The molecule has 0 fully saturated rings. The predicted molar refractivity (Wildman–Crippen MR) is 182 cm³/mol. The van der Waals surface area contributed by atoms with Crippen molar-refractivity contribution in [2.45, 2.75) is 44.4 Å². The highest BCUT2D eigenvalue weighted by atomic mass is 19.4. The number of aliphatic carboxylic acids is 1. The molecule has 2 aliphatic heterocycles. The Morgan fingerprint density at radius 1 is 0.865 bits per heavy atom. The Balaban J connectivity index is 1.38. The molecule has 0 aliphatic carbocycles. The van der Waals surface area contributed by atoms with Crippen LogP contribution in [0.3, 0.4) is 0 Å². The maximum absolute atomic E-state index is 13.4. The van der Waals surface area contributed by atoms with Crippen LogP contribution in [0.2, 0.25) is 0 Å². The Kier molecular flexibility index (Phi) is 12.6. The smallest absolute Gasteiger partial charge is 0.422 e. The second-order valence-corrected chi connectivity index (χ2v) is 11.6. The number of rotatable bonds is 8. The van der Waals surface area contributed by atoms with E-state index in [0.29, 0.717) is 24.3 Å². The van der Waals surface area contributed by atoms with Gasteiger partial charge in [0.15, 0.2) is 6.61 Å². The first-order chi connectivity index (χ1) is 25.0. The standard InChI is InChI=1S/C35H36F3N7O7/c36-35(37,38)21-52-34-44-32-40-19-22-10-13-25(14-11-22)50-16-6-1-2-7-17-51-28-18-24(41-33(43-32)45-34)12-15-26(28)30(47)42-27(31(48)49)20-39-29(46)23-8-4-3-5-9-23/h3-5,8-15,18,27H,1-2,6-7,16-17,19-21H2,(H,39,46)(H,42,47)(H,48,49)(H2,40,41,43,44,45)/t27-/m0/s1. The number of carbonyl (C=O) groups excluding carboxylic acids is 2. The topological polar surface area (TPSA) is 186 Å². The van der Waals surface area contributed by atoms with E-state index >= 15 is 0 Å². The third-order valence-corrected chi connectivity index (χ3v) is 7.51. The van der Waals surface area contributed by atoms with Crippen molar-refractivity contribution in [2.24, 2.45) is 0 Å². The minimum Gasteiger partial charge on any atom is -0.494 e. The molecule has 0 saturated heterocycles. The molecular formula is C35H36F3N7O7. The number of hydrogen-bond donors (Lipinski definition) is 5. The van der Waals surface area contributed by atoms with Gasteiger partial charge in [0.1, 0.15) is 17.5 Å². The van der Waals surface area contributed by atoms with Crippen LogP contribution < -0.4 is 35.5 Å². The highest BCUT2D eigenvalue weighted by Crippen LogP contribution is 2.27. The van der Waals surface area contributed by atoms with E-state index in [9.17, 15) is 32.7 Å². The number of aromatic nitrogens is 3. The summed E-state index contributed by atoms with van der Waals surface area (Å²) < 4.78 is 55.5. The van der Waals surface area contributed by atoms with Crippen LogP contribution in [-0.4, -0.2) is 76.4 Å². The number of nitrogens with one attached hydrogen (secondary N) is 4. The molecule has 3 heterocycles. The molecule has 6 rings (SSSR count). The van der Waals surface area contributed by atoms with E-state index in [-0.39, 0.29) is 42.0 Å². The molecule has 52 heavy (non-hydrogen) atoms. The van der Waals surface area contributed by atoms with Gasteiger partial charge in [-0.2, -0.15) is 28.1 Å². The van der Waals surface area contributed by atoms with E-state index in [1.807, 2.05) is 24.3 Å². The Bertz CT molecular complexity index is 1830. The first-order valence-corrected chi connectivity index (χ1v) is 16.3. The fraction of sp³-hybridized carbons (Fsp3) is 0.314. The van der Waals surface area contributed by atoms with Crippen LogP contribution in [0.4, 0.5) is 30.8 Å². The first kappa shape index (κ1) is 37.1. The second-order valence-electron chi connectivity index (χ2n) is 11.6. The summed E-state index contributed by atoms with van der Waals surface area (Å²) in [7, 11) is 0. The van der Waals surface area contributed by atoms with E-state index in [2.05, 4.69) is 36.2 Å². The Morgan fingerprint density at radius 2 is 1.58 bits per heavy atom. The van der Waals surface area contributed by atoms with Crippen molar-refractivity contribution in [3.63, 3.8) is 0 Å². The Morgan fingerprint density at radius 3 is 2.29 bits per heavy atom. The third kappa shape index (κ3) is 11.5. The minimum absolute atomic E-state index is 0.00490. The summed E-state index contributed by atoms with van der Waals surface area (Å²) in [5, 5.41) is 20.6. The largest absolute Gasteiger partial charge is 0.494 e. The molecule has 0 spiro atoms. The molecule has 14 nitrogen and oxygen atoms in total. The number of benzene rings is 3.